The van der Waals surface area contributed by atoms with E-state index in [0.717, 1.165) is 66.3 Å². The summed E-state index contributed by atoms with van der Waals surface area (Å²) in [5, 5.41) is 0. The van der Waals surface area contributed by atoms with Gasteiger partial charge in [0.1, 0.15) is 6.54 Å². The molecule has 4 atom stereocenters. The van der Waals surface area contributed by atoms with Crippen LogP contribution in [0, 0.1) is 11.8 Å². The highest BCUT2D eigenvalue weighted by Crippen LogP contribution is 2.55. The van der Waals surface area contributed by atoms with Crippen LogP contribution in [0.25, 0.3) is 0 Å². The summed E-state index contributed by atoms with van der Waals surface area (Å²) in [5.74, 6) is -0.0173. The van der Waals surface area contributed by atoms with Crippen LogP contribution in [0.5, 0.6) is 0 Å². The molecule has 10 heteroatoms. The van der Waals surface area contributed by atoms with Gasteiger partial charge in [0.2, 0.25) is 5.69 Å². The zero-order valence-corrected chi connectivity index (χ0v) is 29.3. The van der Waals surface area contributed by atoms with Gasteiger partial charge in [-0.15, -0.1) is 0 Å². The number of hydrogen-bond acceptors (Lipinski definition) is 5. The van der Waals surface area contributed by atoms with Gasteiger partial charge in [-0.1, -0.05) is 43.3 Å². The zero-order valence-electron chi connectivity index (χ0n) is 28.5. The molecule has 6 nitrogen and oxygen atoms in total. The largest absolute Gasteiger partial charge is 0.534 e. The molecule has 2 aromatic carbocycles. The Hall–Kier alpha value is -3.63. The Bertz CT molecular complexity index is 2050. The average molecular weight is 692 g/mol. The molecule has 0 spiro atoms. The number of anilines is 1. The fraction of sp³-hybridized carbons (Fsp3) is 0.462. The van der Waals surface area contributed by atoms with Crippen molar-refractivity contribution in [2.24, 2.45) is 11.8 Å². The molecule has 258 valence electrons. The van der Waals surface area contributed by atoms with Crippen molar-refractivity contribution in [1.82, 2.24) is 0 Å². The van der Waals surface area contributed by atoms with Gasteiger partial charge in [0.15, 0.2) is 11.5 Å². The first-order valence-electron chi connectivity index (χ1n) is 17.3. The molecule has 0 saturated carbocycles. The van der Waals surface area contributed by atoms with Crippen molar-refractivity contribution >= 4 is 27.2 Å². The average Bonchev–Trinajstić information content (AvgIpc) is 3.29. The lowest BCUT2D eigenvalue weighted by molar-refractivity contribution is -0.444. The summed E-state index contributed by atoms with van der Waals surface area (Å²) in [7, 11) is -5.97. The van der Waals surface area contributed by atoms with Gasteiger partial charge >= 0.3 is 15.6 Å². The van der Waals surface area contributed by atoms with E-state index >= 15 is 0 Å². The molecular formula is C39H42F3N2O4S+. The second kappa shape index (κ2) is 10.9. The SMILES string of the molecule is CCc1ccccc1N1CC[C@@H]2C[C@@H]3OC4(C)C[C@@H]5CC[N+]6=C(C5=CC4=C(OS(=O)(=O)C(F)(F)F)C3=CC2=C1C)C(C)(C)c1ccccc16. The molecule has 0 bridgehead atoms. The lowest BCUT2D eigenvalue weighted by Gasteiger charge is -2.49. The lowest BCUT2D eigenvalue weighted by Crippen LogP contribution is -2.50. The summed E-state index contributed by atoms with van der Waals surface area (Å²) in [6, 6.07) is 16.5. The second-order valence-corrected chi connectivity index (χ2v) is 16.5. The predicted molar refractivity (Wildman–Crippen MR) is 183 cm³/mol. The Kier molecular flexibility index (Phi) is 7.27. The van der Waals surface area contributed by atoms with E-state index in [2.05, 4.69) is 54.5 Å². The van der Waals surface area contributed by atoms with E-state index < -0.39 is 27.3 Å². The molecule has 8 rings (SSSR count). The van der Waals surface area contributed by atoms with Crippen molar-refractivity contribution < 1.29 is 35.1 Å². The van der Waals surface area contributed by atoms with Crippen molar-refractivity contribution in [3.63, 3.8) is 0 Å². The maximum absolute atomic E-state index is 14.0. The van der Waals surface area contributed by atoms with Gasteiger partial charge in [-0.05, 0) is 94.6 Å². The highest BCUT2D eigenvalue weighted by atomic mass is 32.2. The number of aryl methyl sites for hydroxylation is 1. The summed E-state index contributed by atoms with van der Waals surface area (Å²) in [6.07, 6.45) is 6.78. The third kappa shape index (κ3) is 4.83. The first-order chi connectivity index (χ1) is 23.1. The Morgan fingerprint density at radius 1 is 1.00 bits per heavy atom. The fourth-order valence-corrected chi connectivity index (χ4v) is 10.00. The molecule has 49 heavy (non-hydrogen) atoms. The summed E-state index contributed by atoms with van der Waals surface area (Å²) in [5.41, 5.74) is 2.50. The Labute approximate surface area is 286 Å². The van der Waals surface area contributed by atoms with Crippen molar-refractivity contribution in [1.29, 1.82) is 0 Å². The maximum atomic E-state index is 14.0. The van der Waals surface area contributed by atoms with Crippen LogP contribution in [-0.4, -0.2) is 49.0 Å². The Balaban J connectivity index is 1.33. The summed E-state index contributed by atoms with van der Waals surface area (Å²) < 4.78 is 82.4. The molecule has 6 aliphatic rings. The predicted octanol–water partition coefficient (Wildman–Crippen LogP) is 8.38. The molecule has 4 aliphatic heterocycles. The van der Waals surface area contributed by atoms with Crippen LogP contribution in [-0.2, 0) is 30.9 Å². The third-order valence-corrected chi connectivity index (χ3v) is 12.8. The maximum Gasteiger partial charge on any atom is 0.534 e. The lowest BCUT2D eigenvalue weighted by atomic mass is 9.65. The van der Waals surface area contributed by atoms with E-state index in [1.807, 2.05) is 50.3 Å². The van der Waals surface area contributed by atoms with Gasteiger partial charge in [-0.25, -0.2) is 0 Å². The minimum Gasteiger partial charge on any atom is -0.375 e. The first kappa shape index (κ1) is 32.6. The molecule has 1 unspecified atom stereocenters. The Morgan fingerprint density at radius 2 is 1.73 bits per heavy atom. The van der Waals surface area contributed by atoms with Crippen LogP contribution in [0.15, 0.2) is 94.4 Å². The fourth-order valence-electron chi connectivity index (χ4n) is 9.50. The van der Waals surface area contributed by atoms with E-state index in [1.54, 1.807) is 0 Å². The number of allylic oxidation sites excluding steroid dienone is 4. The number of benzene rings is 2. The van der Waals surface area contributed by atoms with Gasteiger partial charge in [-0.3, -0.25) is 0 Å². The summed E-state index contributed by atoms with van der Waals surface area (Å²) in [6.45, 7) is 12.0. The summed E-state index contributed by atoms with van der Waals surface area (Å²) in [4.78, 5) is 2.27. The van der Waals surface area contributed by atoms with Crippen LogP contribution in [0.3, 0.4) is 0 Å². The topological polar surface area (TPSA) is 58.9 Å². The highest BCUT2D eigenvalue weighted by Gasteiger charge is 2.57. The van der Waals surface area contributed by atoms with Crippen LogP contribution in [0.1, 0.15) is 71.4 Å². The molecule has 2 aromatic rings. The van der Waals surface area contributed by atoms with Gasteiger partial charge in [0.25, 0.3) is 0 Å². The van der Waals surface area contributed by atoms with Gasteiger partial charge in [-0.2, -0.15) is 26.2 Å². The van der Waals surface area contributed by atoms with E-state index in [4.69, 9.17) is 8.92 Å². The van der Waals surface area contributed by atoms with Gasteiger partial charge < -0.3 is 13.8 Å². The van der Waals surface area contributed by atoms with Crippen molar-refractivity contribution in [2.75, 3.05) is 18.0 Å². The summed E-state index contributed by atoms with van der Waals surface area (Å²) >= 11 is 0. The van der Waals surface area contributed by atoms with E-state index in [1.165, 1.54) is 11.1 Å². The van der Waals surface area contributed by atoms with E-state index in [0.29, 0.717) is 24.0 Å². The minimum atomic E-state index is -5.97. The number of rotatable bonds is 4. The highest BCUT2D eigenvalue weighted by molar-refractivity contribution is 7.87. The van der Waals surface area contributed by atoms with E-state index in [-0.39, 0.29) is 23.0 Å². The third-order valence-electron chi connectivity index (χ3n) is 11.8. The zero-order chi connectivity index (χ0) is 34.7. The normalized spacial score (nSPS) is 28.9. The molecule has 0 amide bonds. The van der Waals surface area contributed by atoms with Crippen molar-refractivity contribution in [2.45, 2.75) is 89.4 Å². The van der Waals surface area contributed by atoms with Gasteiger partial charge in [0.05, 0.1) is 17.1 Å². The molecular weight excluding hydrogens is 649 g/mol. The molecule has 0 N–H and O–H groups in total. The van der Waals surface area contributed by atoms with Crippen LogP contribution >= 0.6 is 0 Å². The molecule has 0 radical (unpaired) electrons. The number of fused-ring (bicyclic) bond motifs is 7. The molecule has 0 saturated heterocycles. The first-order valence-corrected chi connectivity index (χ1v) is 18.7. The van der Waals surface area contributed by atoms with Crippen LogP contribution in [0.2, 0.25) is 0 Å². The molecule has 0 aromatic heterocycles. The minimum absolute atomic E-state index is 0.0998. The number of halogens is 3. The number of para-hydroxylation sites is 2. The van der Waals surface area contributed by atoms with Crippen molar-refractivity contribution in [3.8, 4) is 0 Å². The molecule has 0 fully saturated rings. The smallest absolute Gasteiger partial charge is 0.375 e. The second-order valence-electron chi connectivity index (χ2n) is 15.0. The number of alkyl halides is 3. The molecule has 2 aliphatic carbocycles. The number of nitrogens with zero attached hydrogens (tertiary/aromatic N) is 2. The molecule has 4 heterocycles. The standard InChI is InChI=1S/C39H42F3N2O4S/c1-6-24-11-7-9-13-32(24)43-17-15-25-19-34-29(20-27(25)23(43)2)35(48-49(45,46)39(40,41)42)31-21-28-26(22-38(31,5)47-34)16-18-44-33-14-10-8-12-30(33)37(3,4)36(28)44/h7-14,20-21,25-26,34H,6,15-19,22H2,1-5H3/q+1/t25-,26+,34+,38?/m1/s1. The van der Waals surface area contributed by atoms with Gasteiger partial charge in [0, 0.05) is 52.7 Å². The van der Waals surface area contributed by atoms with E-state index in [9.17, 15) is 21.6 Å². The monoisotopic (exact) mass is 691 g/mol. The van der Waals surface area contributed by atoms with Crippen molar-refractivity contribution in [3.05, 3.63) is 106 Å². The quantitative estimate of drug-likeness (QED) is 0.183. The van der Waals surface area contributed by atoms with Crippen LogP contribution in [0.4, 0.5) is 24.5 Å². The van der Waals surface area contributed by atoms with Crippen LogP contribution < -0.4 is 4.90 Å². The number of hydrogen-bond donors (Lipinski definition) is 0. The number of ether oxygens (including phenoxy) is 1. The Morgan fingerprint density at radius 3 is 2.49 bits per heavy atom.